The number of carbonyl (C=O) groups excluding carboxylic acids is 3. The van der Waals surface area contributed by atoms with Crippen LogP contribution in [0.25, 0.3) is 0 Å². The fourth-order valence-electron chi connectivity index (χ4n) is 2.01. The van der Waals surface area contributed by atoms with E-state index >= 15 is 0 Å². The number of primary amides is 1. The Balaban J connectivity index is 0.00000135. The van der Waals surface area contributed by atoms with Crippen molar-refractivity contribution in [2.75, 3.05) is 13.1 Å². The van der Waals surface area contributed by atoms with Gasteiger partial charge in [0.2, 0.25) is 12.3 Å². The zero-order valence-electron chi connectivity index (χ0n) is 13.0. The first kappa shape index (κ1) is 19.9. The highest BCUT2D eigenvalue weighted by Crippen LogP contribution is 2.15. The van der Waals surface area contributed by atoms with Crippen molar-refractivity contribution in [2.24, 2.45) is 5.73 Å². The number of esters is 1. The highest BCUT2D eigenvalue weighted by atomic mass is 16.5. The van der Waals surface area contributed by atoms with Gasteiger partial charge in [-0.05, 0) is 19.3 Å². The predicted molar refractivity (Wildman–Crippen MR) is 84.8 cm³/mol. The maximum Gasteiger partial charge on any atom is 0.330 e. The Morgan fingerprint density at radius 3 is 2.32 bits per heavy atom. The van der Waals surface area contributed by atoms with Crippen molar-refractivity contribution in [1.29, 1.82) is 0 Å². The van der Waals surface area contributed by atoms with E-state index in [1.807, 2.05) is 6.08 Å². The number of allylic oxidation sites excluding steroid dienone is 1. The van der Waals surface area contributed by atoms with Crippen LogP contribution in [0.15, 0.2) is 25.3 Å². The zero-order chi connectivity index (χ0) is 16.8. The van der Waals surface area contributed by atoms with E-state index in [-0.39, 0.29) is 18.4 Å². The van der Waals surface area contributed by atoms with E-state index in [1.54, 1.807) is 4.90 Å². The second kappa shape index (κ2) is 12.6. The van der Waals surface area contributed by atoms with Crippen LogP contribution in [0.4, 0.5) is 0 Å². The first-order valence-corrected chi connectivity index (χ1v) is 7.46. The number of ether oxygens (including phenoxy) is 1. The molecule has 0 aromatic rings. The largest absolute Gasteiger partial charge is 0.455 e. The van der Waals surface area contributed by atoms with Crippen molar-refractivity contribution < 1.29 is 19.1 Å². The number of carbonyl (C=O) groups is 3. The zero-order valence-corrected chi connectivity index (χ0v) is 13.0. The van der Waals surface area contributed by atoms with Gasteiger partial charge in [0.15, 0.2) is 0 Å². The summed E-state index contributed by atoms with van der Waals surface area (Å²) >= 11 is 0. The van der Waals surface area contributed by atoms with Crippen LogP contribution in [-0.2, 0) is 19.1 Å². The SMILES string of the molecule is C=CCCCCCCC(=O)N1CC(OC(=O)C=C)C1.NC=O. The van der Waals surface area contributed by atoms with E-state index in [4.69, 9.17) is 9.53 Å². The maximum absolute atomic E-state index is 11.8. The number of nitrogens with zero attached hydrogens (tertiary/aromatic N) is 1. The Labute approximate surface area is 132 Å². The molecule has 1 rings (SSSR count). The second-order valence-electron chi connectivity index (χ2n) is 4.94. The van der Waals surface area contributed by atoms with Gasteiger partial charge in [0.05, 0.1) is 13.1 Å². The highest BCUT2D eigenvalue weighted by Gasteiger charge is 2.32. The van der Waals surface area contributed by atoms with Gasteiger partial charge >= 0.3 is 5.97 Å². The smallest absolute Gasteiger partial charge is 0.330 e. The van der Waals surface area contributed by atoms with Crippen molar-refractivity contribution >= 4 is 18.3 Å². The minimum Gasteiger partial charge on any atom is -0.455 e. The second-order valence-corrected chi connectivity index (χ2v) is 4.94. The monoisotopic (exact) mass is 310 g/mol. The molecule has 6 heteroatoms. The molecule has 1 fully saturated rings. The van der Waals surface area contributed by atoms with Crippen LogP contribution in [0.3, 0.4) is 0 Å². The average molecular weight is 310 g/mol. The lowest BCUT2D eigenvalue weighted by Gasteiger charge is -2.38. The van der Waals surface area contributed by atoms with Gasteiger partial charge < -0.3 is 15.4 Å². The molecule has 0 unspecified atom stereocenters. The van der Waals surface area contributed by atoms with Gasteiger partial charge in [-0.25, -0.2) is 4.79 Å². The molecule has 6 nitrogen and oxygen atoms in total. The van der Waals surface area contributed by atoms with Crippen LogP contribution >= 0.6 is 0 Å². The van der Waals surface area contributed by atoms with Crippen molar-refractivity contribution in [1.82, 2.24) is 4.90 Å². The van der Waals surface area contributed by atoms with Crippen LogP contribution in [0, 0.1) is 0 Å². The lowest BCUT2D eigenvalue weighted by Crippen LogP contribution is -2.55. The molecule has 2 amide bonds. The van der Waals surface area contributed by atoms with E-state index in [9.17, 15) is 9.59 Å². The van der Waals surface area contributed by atoms with Gasteiger partial charge in [0, 0.05) is 12.5 Å². The molecule has 1 aliphatic rings. The molecule has 22 heavy (non-hydrogen) atoms. The number of likely N-dealkylation sites (tertiary alicyclic amines) is 1. The van der Waals surface area contributed by atoms with E-state index < -0.39 is 5.97 Å². The first-order valence-electron chi connectivity index (χ1n) is 7.46. The van der Waals surface area contributed by atoms with Crippen molar-refractivity contribution in [3.8, 4) is 0 Å². The quantitative estimate of drug-likeness (QED) is 0.230. The van der Waals surface area contributed by atoms with Gasteiger partial charge in [-0.3, -0.25) is 9.59 Å². The number of hydrogen-bond acceptors (Lipinski definition) is 4. The molecule has 0 aliphatic carbocycles. The van der Waals surface area contributed by atoms with E-state index in [1.165, 1.54) is 0 Å². The van der Waals surface area contributed by atoms with Gasteiger partial charge in [0.25, 0.3) is 0 Å². The molecule has 0 saturated carbocycles. The number of unbranched alkanes of at least 4 members (excludes halogenated alkanes) is 4. The predicted octanol–water partition coefficient (Wildman–Crippen LogP) is 1.55. The molecule has 2 N–H and O–H groups in total. The summed E-state index contributed by atoms with van der Waals surface area (Å²) in [7, 11) is 0. The first-order chi connectivity index (χ1) is 10.6. The Kier molecular flexibility index (Phi) is 11.4. The number of rotatable bonds is 9. The summed E-state index contributed by atoms with van der Waals surface area (Å²) in [4.78, 5) is 33.0. The average Bonchev–Trinajstić information content (AvgIpc) is 2.46. The lowest BCUT2D eigenvalue weighted by atomic mass is 10.1. The molecule has 0 spiro atoms. The summed E-state index contributed by atoms with van der Waals surface area (Å²) in [6.45, 7) is 8.06. The molecular formula is C16H26N2O4. The van der Waals surface area contributed by atoms with Gasteiger partial charge in [0.1, 0.15) is 6.10 Å². The van der Waals surface area contributed by atoms with Crippen LogP contribution in [0.1, 0.15) is 38.5 Å². The molecule has 0 aromatic heterocycles. The van der Waals surface area contributed by atoms with E-state index in [2.05, 4.69) is 18.9 Å². The minimum absolute atomic E-state index is 0.151. The molecule has 1 saturated heterocycles. The third-order valence-corrected chi connectivity index (χ3v) is 3.20. The lowest BCUT2D eigenvalue weighted by molar-refractivity contribution is -0.159. The molecule has 0 radical (unpaired) electrons. The van der Waals surface area contributed by atoms with Gasteiger partial charge in [-0.2, -0.15) is 0 Å². The fourth-order valence-corrected chi connectivity index (χ4v) is 2.01. The number of hydrogen-bond donors (Lipinski definition) is 1. The van der Waals surface area contributed by atoms with Gasteiger partial charge in [-0.15, -0.1) is 6.58 Å². The maximum atomic E-state index is 11.8. The molecule has 1 heterocycles. The van der Waals surface area contributed by atoms with Crippen LogP contribution in [0.5, 0.6) is 0 Å². The molecule has 0 bridgehead atoms. The Morgan fingerprint density at radius 1 is 1.18 bits per heavy atom. The van der Waals surface area contributed by atoms with Crippen molar-refractivity contribution in [3.63, 3.8) is 0 Å². The summed E-state index contributed by atoms with van der Waals surface area (Å²) in [6.07, 6.45) is 9.14. The van der Waals surface area contributed by atoms with E-state index in [0.717, 1.165) is 38.2 Å². The fraction of sp³-hybridized carbons (Fsp3) is 0.562. The minimum atomic E-state index is -0.417. The Bertz CT molecular complexity index is 376. The Hall–Kier alpha value is -2.11. The van der Waals surface area contributed by atoms with Crippen LogP contribution in [-0.4, -0.2) is 42.4 Å². The summed E-state index contributed by atoms with van der Waals surface area (Å²) in [5.41, 5.74) is 4.17. The van der Waals surface area contributed by atoms with E-state index in [0.29, 0.717) is 19.5 Å². The van der Waals surface area contributed by atoms with Crippen LogP contribution in [0.2, 0.25) is 0 Å². The summed E-state index contributed by atoms with van der Waals surface area (Å²) in [5, 5.41) is 0. The molecule has 1 aliphatic heterocycles. The molecular weight excluding hydrogens is 284 g/mol. The Morgan fingerprint density at radius 2 is 1.77 bits per heavy atom. The van der Waals surface area contributed by atoms with Crippen molar-refractivity contribution in [2.45, 2.75) is 44.6 Å². The van der Waals surface area contributed by atoms with Crippen molar-refractivity contribution in [3.05, 3.63) is 25.3 Å². The van der Waals surface area contributed by atoms with Crippen LogP contribution < -0.4 is 5.73 Å². The standard InChI is InChI=1S/C15H23NO3.CH3NO/c1-3-5-6-7-8-9-10-14(17)16-11-13(12-16)19-15(18)4-2;2-1-3/h3-4,13H,1-2,5-12H2;1H,(H2,2,3). The summed E-state index contributed by atoms with van der Waals surface area (Å²) in [6, 6.07) is 0. The topological polar surface area (TPSA) is 89.7 Å². The molecule has 0 atom stereocenters. The number of nitrogens with two attached hydrogens (primary N) is 1. The number of amides is 2. The third kappa shape index (κ3) is 8.94. The summed E-state index contributed by atoms with van der Waals surface area (Å²) in [5.74, 6) is -0.256. The summed E-state index contributed by atoms with van der Waals surface area (Å²) < 4.78 is 5.03. The molecule has 0 aromatic carbocycles. The highest BCUT2D eigenvalue weighted by molar-refractivity contribution is 5.82. The molecule has 124 valence electrons. The normalized spacial score (nSPS) is 13.2. The third-order valence-electron chi connectivity index (χ3n) is 3.20. The van der Waals surface area contributed by atoms with Gasteiger partial charge in [-0.1, -0.05) is 25.5 Å².